The summed E-state index contributed by atoms with van der Waals surface area (Å²) in [5, 5.41) is 2.79. The first-order chi connectivity index (χ1) is 10.9. The summed E-state index contributed by atoms with van der Waals surface area (Å²) in [6.45, 7) is 10.9. The van der Waals surface area contributed by atoms with Crippen LogP contribution in [0.1, 0.15) is 38.4 Å². The van der Waals surface area contributed by atoms with Crippen molar-refractivity contribution in [2.24, 2.45) is 0 Å². The lowest BCUT2D eigenvalue weighted by Gasteiger charge is -2.14. The standard InChI is InChI=1S/C19H21FN2O/c1-6-8-15-13(4)21-14(5)17(18(15)20)19(23)22-16-10-7-9-11(2)12(16)3/h6-7,9-10H,1,8H2,2-5H3,(H,22,23). The Bertz CT molecular complexity index is 781. The van der Waals surface area contributed by atoms with E-state index in [9.17, 15) is 9.18 Å². The molecule has 1 N–H and O–H groups in total. The summed E-state index contributed by atoms with van der Waals surface area (Å²) >= 11 is 0. The highest BCUT2D eigenvalue weighted by atomic mass is 19.1. The number of amides is 1. The summed E-state index contributed by atoms with van der Waals surface area (Å²) in [5.74, 6) is -0.996. The van der Waals surface area contributed by atoms with Gasteiger partial charge in [-0.05, 0) is 51.3 Å². The van der Waals surface area contributed by atoms with E-state index in [-0.39, 0.29) is 5.56 Å². The number of halogens is 1. The molecule has 0 atom stereocenters. The minimum atomic E-state index is -0.516. The molecule has 23 heavy (non-hydrogen) atoms. The molecule has 0 unspecified atom stereocenters. The molecule has 0 saturated heterocycles. The number of hydrogen-bond donors (Lipinski definition) is 1. The Labute approximate surface area is 136 Å². The third kappa shape index (κ3) is 3.31. The van der Waals surface area contributed by atoms with E-state index in [1.165, 1.54) is 0 Å². The number of nitrogens with zero attached hydrogens (tertiary/aromatic N) is 1. The van der Waals surface area contributed by atoms with Crippen molar-refractivity contribution in [2.45, 2.75) is 34.1 Å². The number of aromatic nitrogens is 1. The van der Waals surface area contributed by atoms with Gasteiger partial charge in [0.15, 0.2) is 0 Å². The van der Waals surface area contributed by atoms with Gasteiger partial charge in [0.05, 0.1) is 11.3 Å². The van der Waals surface area contributed by atoms with Crippen molar-refractivity contribution in [3.63, 3.8) is 0 Å². The molecule has 120 valence electrons. The fourth-order valence-corrected chi connectivity index (χ4v) is 2.56. The molecule has 2 rings (SSSR count). The second-order valence-corrected chi connectivity index (χ2v) is 5.64. The summed E-state index contributed by atoms with van der Waals surface area (Å²) in [4.78, 5) is 16.9. The Hall–Kier alpha value is -2.49. The molecule has 0 spiro atoms. The van der Waals surface area contributed by atoms with E-state index >= 15 is 0 Å². The molecule has 1 amide bonds. The van der Waals surface area contributed by atoms with Gasteiger partial charge in [0.2, 0.25) is 0 Å². The molecule has 0 aliphatic heterocycles. The predicted molar refractivity (Wildman–Crippen MR) is 91.4 cm³/mol. The number of carbonyl (C=O) groups is 1. The Morgan fingerprint density at radius 2 is 1.96 bits per heavy atom. The number of rotatable bonds is 4. The number of anilines is 1. The monoisotopic (exact) mass is 312 g/mol. The summed E-state index contributed by atoms with van der Waals surface area (Å²) in [6.07, 6.45) is 1.95. The van der Waals surface area contributed by atoms with E-state index in [1.807, 2.05) is 26.0 Å². The molecule has 1 heterocycles. The number of carbonyl (C=O) groups excluding carboxylic acids is 1. The Kier molecular flexibility index (Phi) is 4.94. The molecule has 0 bridgehead atoms. The van der Waals surface area contributed by atoms with Gasteiger partial charge in [-0.1, -0.05) is 18.2 Å². The first-order valence-corrected chi connectivity index (χ1v) is 7.50. The van der Waals surface area contributed by atoms with Gasteiger partial charge in [0, 0.05) is 16.9 Å². The lowest BCUT2D eigenvalue weighted by molar-refractivity contribution is 0.102. The molecule has 0 aliphatic carbocycles. The number of hydrogen-bond acceptors (Lipinski definition) is 2. The second-order valence-electron chi connectivity index (χ2n) is 5.64. The third-order valence-electron chi connectivity index (χ3n) is 4.05. The molecule has 0 fully saturated rings. The van der Waals surface area contributed by atoms with Crippen molar-refractivity contribution in [3.8, 4) is 0 Å². The van der Waals surface area contributed by atoms with Crippen LogP contribution < -0.4 is 5.32 Å². The topological polar surface area (TPSA) is 42.0 Å². The van der Waals surface area contributed by atoms with E-state index in [1.54, 1.807) is 26.0 Å². The highest BCUT2D eigenvalue weighted by Gasteiger charge is 2.21. The molecule has 1 aromatic carbocycles. The molecule has 0 aliphatic rings. The second kappa shape index (κ2) is 6.73. The van der Waals surface area contributed by atoms with Crippen LogP contribution in [0.5, 0.6) is 0 Å². The minimum absolute atomic E-state index is 0.00615. The first kappa shape index (κ1) is 16.9. The number of aryl methyl sites for hydroxylation is 3. The maximum atomic E-state index is 14.8. The zero-order valence-corrected chi connectivity index (χ0v) is 14.0. The maximum Gasteiger partial charge on any atom is 0.260 e. The summed E-state index contributed by atoms with van der Waals surface area (Å²) < 4.78 is 14.8. The highest BCUT2D eigenvalue weighted by Crippen LogP contribution is 2.23. The quantitative estimate of drug-likeness (QED) is 0.848. The zero-order chi connectivity index (χ0) is 17.1. The summed E-state index contributed by atoms with van der Waals surface area (Å²) in [6, 6.07) is 5.63. The fourth-order valence-electron chi connectivity index (χ4n) is 2.56. The largest absolute Gasteiger partial charge is 0.322 e. The van der Waals surface area contributed by atoms with Crippen LogP contribution in [0.2, 0.25) is 0 Å². The number of pyridine rings is 1. The molecule has 3 nitrogen and oxygen atoms in total. The minimum Gasteiger partial charge on any atom is -0.322 e. The van der Waals surface area contributed by atoms with Crippen LogP contribution in [-0.2, 0) is 6.42 Å². The van der Waals surface area contributed by atoms with Crippen LogP contribution in [-0.4, -0.2) is 10.9 Å². The average Bonchev–Trinajstić information content (AvgIpc) is 2.48. The van der Waals surface area contributed by atoms with Gasteiger partial charge in [0.1, 0.15) is 5.82 Å². The first-order valence-electron chi connectivity index (χ1n) is 7.50. The zero-order valence-electron chi connectivity index (χ0n) is 14.0. The number of allylic oxidation sites excluding steroid dienone is 1. The van der Waals surface area contributed by atoms with Crippen LogP contribution in [0, 0.1) is 33.5 Å². The molecule has 2 aromatic rings. The van der Waals surface area contributed by atoms with Crippen LogP contribution in [0.4, 0.5) is 10.1 Å². The smallest absolute Gasteiger partial charge is 0.260 e. The fraction of sp³-hybridized carbons (Fsp3) is 0.263. The van der Waals surface area contributed by atoms with Crippen molar-refractivity contribution >= 4 is 11.6 Å². The normalized spacial score (nSPS) is 10.5. The van der Waals surface area contributed by atoms with Gasteiger partial charge in [-0.25, -0.2) is 4.39 Å². The van der Waals surface area contributed by atoms with Gasteiger partial charge < -0.3 is 5.32 Å². The Morgan fingerprint density at radius 1 is 1.26 bits per heavy atom. The number of nitrogens with one attached hydrogen (secondary N) is 1. The van der Waals surface area contributed by atoms with Crippen molar-refractivity contribution in [1.82, 2.24) is 4.98 Å². The molecular weight excluding hydrogens is 291 g/mol. The molecule has 1 aromatic heterocycles. The van der Waals surface area contributed by atoms with E-state index < -0.39 is 11.7 Å². The van der Waals surface area contributed by atoms with Crippen molar-refractivity contribution < 1.29 is 9.18 Å². The van der Waals surface area contributed by atoms with Crippen LogP contribution in [0.3, 0.4) is 0 Å². The van der Waals surface area contributed by atoms with Gasteiger partial charge in [0.25, 0.3) is 5.91 Å². The maximum absolute atomic E-state index is 14.8. The average molecular weight is 312 g/mol. The Balaban J connectivity index is 2.45. The van der Waals surface area contributed by atoms with Crippen LogP contribution in [0.15, 0.2) is 30.9 Å². The molecule has 0 saturated carbocycles. The van der Waals surface area contributed by atoms with Crippen molar-refractivity contribution in [1.29, 1.82) is 0 Å². The third-order valence-corrected chi connectivity index (χ3v) is 4.05. The molecule has 0 radical (unpaired) electrons. The van der Waals surface area contributed by atoms with E-state index in [0.29, 0.717) is 29.1 Å². The van der Waals surface area contributed by atoms with Gasteiger partial charge in [-0.15, -0.1) is 6.58 Å². The van der Waals surface area contributed by atoms with Gasteiger partial charge >= 0.3 is 0 Å². The summed E-state index contributed by atoms with van der Waals surface area (Å²) in [7, 11) is 0. The predicted octanol–water partition coefficient (Wildman–Crippen LogP) is 4.44. The highest BCUT2D eigenvalue weighted by molar-refractivity contribution is 6.05. The summed E-state index contributed by atoms with van der Waals surface area (Å²) in [5.41, 5.74) is 4.09. The van der Waals surface area contributed by atoms with Crippen LogP contribution in [0.25, 0.3) is 0 Å². The van der Waals surface area contributed by atoms with E-state index in [0.717, 1.165) is 11.1 Å². The van der Waals surface area contributed by atoms with E-state index in [2.05, 4.69) is 16.9 Å². The lowest BCUT2D eigenvalue weighted by atomic mass is 10.0. The molecular formula is C19H21FN2O. The Morgan fingerprint density at radius 3 is 2.61 bits per heavy atom. The van der Waals surface area contributed by atoms with E-state index in [4.69, 9.17) is 0 Å². The lowest BCUT2D eigenvalue weighted by Crippen LogP contribution is -2.19. The van der Waals surface area contributed by atoms with Crippen molar-refractivity contribution in [3.05, 3.63) is 70.3 Å². The van der Waals surface area contributed by atoms with Crippen LogP contribution >= 0.6 is 0 Å². The van der Waals surface area contributed by atoms with Gasteiger partial charge in [-0.3, -0.25) is 9.78 Å². The van der Waals surface area contributed by atoms with Crippen molar-refractivity contribution in [2.75, 3.05) is 5.32 Å². The molecule has 4 heteroatoms. The SMILES string of the molecule is C=CCc1c(C)nc(C)c(C(=O)Nc2cccc(C)c2C)c1F. The number of benzene rings is 1. The van der Waals surface area contributed by atoms with Gasteiger partial charge in [-0.2, -0.15) is 0 Å².